The number of hydrogen-bond donors (Lipinski definition) is 2. The first kappa shape index (κ1) is 26.8. The van der Waals surface area contributed by atoms with Crippen LogP contribution in [-0.2, 0) is 0 Å². The molecule has 0 atom stereocenters. The molecule has 0 bridgehead atoms. The molecule has 4 heteroatoms. The predicted octanol–water partition coefficient (Wildman–Crippen LogP) is 13.7. The molecule has 0 spiro atoms. The van der Waals surface area contributed by atoms with Crippen LogP contribution in [0.1, 0.15) is 0 Å². The molecule has 0 radical (unpaired) electrons. The molecule has 52 heavy (non-hydrogen) atoms. The largest absolute Gasteiger partial charge is 0.456 e. The Kier molecular flexibility index (Phi) is 4.83. The quantitative estimate of drug-likeness (QED) is 0.170. The number of aromatic nitrogens is 2. The molecule has 8 aromatic carbocycles. The van der Waals surface area contributed by atoms with Crippen molar-refractivity contribution in [2.45, 2.75) is 0 Å². The lowest BCUT2D eigenvalue weighted by atomic mass is 9.77. The third-order valence-corrected chi connectivity index (χ3v) is 11.5. The van der Waals surface area contributed by atoms with Gasteiger partial charge in [0.2, 0.25) is 0 Å². The minimum Gasteiger partial charge on any atom is -0.456 e. The third-order valence-electron chi connectivity index (χ3n) is 11.5. The fourth-order valence-electron chi connectivity index (χ4n) is 9.29. The van der Waals surface area contributed by atoms with E-state index in [9.17, 15) is 0 Å². The second-order valence-corrected chi connectivity index (χ2v) is 14.1. The number of H-pyrrole nitrogens is 2. The van der Waals surface area contributed by atoms with Crippen molar-refractivity contribution < 1.29 is 8.83 Å². The van der Waals surface area contributed by atoms with E-state index in [4.69, 9.17) is 8.83 Å². The lowest BCUT2D eigenvalue weighted by molar-refractivity contribution is 0.668. The number of hydrogen-bond acceptors (Lipinski definition) is 2. The average molecular weight is 663 g/mol. The highest BCUT2D eigenvalue weighted by molar-refractivity contribution is 6.26. The molecule has 4 heterocycles. The van der Waals surface area contributed by atoms with Crippen LogP contribution in [0.3, 0.4) is 0 Å². The van der Waals surface area contributed by atoms with Crippen LogP contribution in [0.4, 0.5) is 0 Å². The molecule has 4 nitrogen and oxygen atoms in total. The minimum absolute atomic E-state index is 0.881. The van der Waals surface area contributed by atoms with Crippen molar-refractivity contribution in [2.24, 2.45) is 0 Å². The maximum atomic E-state index is 6.63. The molecule has 4 aromatic heterocycles. The standard InChI is InChI=1S/C48H26N2O2/c1-5-13-37-29(11-1)47-39(49-37)19-17-27-28-18-20-40-48(30-12-2-6-14-38(30)50-40)46(28)36-24-44-34(26-10-4-8-16-42(26)52-44)22-32(36)31-21-33-25-9-3-7-15-41(25)51-43(33)23-35(31)45(27)47/h1-24,49-50H. The zero-order valence-electron chi connectivity index (χ0n) is 27.7. The Morgan fingerprint density at radius 3 is 1.19 bits per heavy atom. The Morgan fingerprint density at radius 2 is 0.712 bits per heavy atom. The maximum Gasteiger partial charge on any atom is 0.136 e. The second-order valence-electron chi connectivity index (χ2n) is 14.1. The Hall–Kier alpha value is -7.04. The van der Waals surface area contributed by atoms with Crippen LogP contribution in [-0.4, -0.2) is 9.97 Å². The normalized spacial score (nSPS) is 12.6. The number of nitrogens with one attached hydrogen (secondary N) is 2. The highest BCUT2D eigenvalue weighted by atomic mass is 16.3. The second kappa shape index (κ2) is 9.39. The van der Waals surface area contributed by atoms with Crippen molar-refractivity contribution in [1.29, 1.82) is 0 Å². The van der Waals surface area contributed by atoms with E-state index < -0.39 is 0 Å². The lowest BCUT2D eigenvalue weighted by Gasteiger charge is -2.25. The molecule has 1 aliphatic rings. The van der Waals surface area contributed by atoms with Gasteiger partial charge in [-0.15, -0.1) is 0 Å². The van der Waals surface area contributed by atoms with Crippen LogP contribution in [0.25, 0.3) is 132 Å². The van der Waals surface area contributed by atoms with Crippen LogP contribution in [0, 0.1) is 0 Å². The first-order chi connectivity index (χ1) is 25.8. The molecule has 13 rings (SSSR count). The Labute approximate surface area is 295 Å². The van der Waals surface area contributed by atoms with Crippen molar-refractivity contribution in [3.8, 4) is 44.5 Å². The molecule has 2 N–H and O–H groups in total. The number of rotatable bonds is 0. The van der Waals surface area contributed by atoms with Crippen LogP contribution in [0.5, 0.6) is 0 Å². The van der Waals surface area contributed by atoms with Gasteiger partial charge in [-0.25, -0.2) is 0 Å². The van der Waals surface area contributed by atoms with E-state index in [0.29, 0.717) is 0 Å². The van der Waals surface area contributed by atoms with Crippen molar-refractivity contribution >= 4 is 87.5 Å². The van der Waals surface area contributed by atoms with Gasteiger partial charge < -0.3 is 18.8 Å². The Balaban J connectivity index is 1.32. The topological polar surface area (TPSA) is 57.9 Å². The van der Waals surface area contributed by atoms with Gasteiger partial charge in [-0.1, -0.05) is 84.9 Å². The van der Waals surface area contributed by atoms with Gasteiger partial charge in [-0.05, 0) is 94.0 Å². The molecule has 0 saturated carbocycles. The highest BCUT2D eigenvalue weighted by Crippen LogP contribution is 2.55. The third kappa shape index (κ3) is 3.32. The van der Waals surface area contributed by atoms with Crippen LogP contribution in [0.2, 0.25) is 0 Å². The first-order valence-electron chi connectivity index (χ1n) is 17.8. The zero-order valence-corrected chi connectivity index (χ0v) is 27.7. The van der Waals surface area contributed by atoms with Gasteiger partial charge in [0.05, 0.1) is 0 Å². The van der Waals surface area contributed by atoms with Gasteiger partial charge in [-0.3, -0.25) is 0 Å². The first-order valence-corrected chi connectivity index (χ1v) is 17.8. The van der Waals surface area contributed by atoms with Crippen LogP contribution in [0.15, 0.2) is 154 Å². The van der Waals surface area contributed by atoms with Crippen LogP contribution >= 0.6 is 0 Å². The van der Waals surface area contributed by atoms with Crippen molar-refractivity contribution in [2.75, 3.05) is 0 Å². The van der Waals surface area contributed by atoms with Gasteiger partial charge in [0.15, 0.2) is 0 Å². The molecule has 0 fully saturated rings. The molecule has 0 unspecified atom stereocenters. The summed E-state index contributed by atoms with van der Waals surface area (Å²) in [5, 5.41) is 9.29. The summed E-state index contributed by atoms with van der Waals surface area (Å²) < 4.78 is 13.3. The summed E-state index contributed by atoms with van der Waals surface area (Å²) in [6.07, 6.45) is 0. The summed E-state index contributed by atoms with van der Waals surface area (Å²) in [6.45, 7) is 0. The molecule has 1 aliphatic carbocycles. The van der Waals surface area contributed by atoms with Gasteiger partial charge >= 0.3 is 0 Å². The average Bonchev–Trinajstić information content (AvgIpc) is 3.95. The Bertz CT molecular complexity index is 3300. The fourth-order valence-corrected chi connectivity index (χ4v) is 9.29. The fraction of sp³-hybridized carbons (Fsp3) is 0. The molecule has 0 amide bonds. The summed E-state index contributed by atoms with van der Waals surface area (Å²) in [5.74, 6) is 0. The number of para-hydroxylation sites is 4. The van der Waals surface area contributed by atoms with Crippen molar-refractivity contribution in [3.63, 3.8) is 0 Å². The van der Waals surface area contributed by atoms with Gasteiger partial charge in [0, 0.05) is 76.3 Å². The van der Waals surface area contributed by atoms with Gasteiger partial charge in [0.1, 0.15) is 22.3 Å². The van der Waals surface area contributed by atoms with E-state index in [2.05, 4.69) is 143 Å². The van der Waals surface area contributed by atoms with Gasteiger partial charge in [-0.2, -0.15) is 0 Å². The van der Waals surface area contributed by atoms with Gasteiger partial charge in [0.25, 0.3) is 0 Å². The molecule has 0 saturated heterocycles. The van der Waals surface area contributed by atoms with Crippen molar-refractivity contribution in [1.82, 2.24) is 9.97 Å². The number of fused-ring (bicyclic) bond motifs is 22. The smallest absolute Gasteiger partial charge is 0.136 e. The summed E-state index contributed by atoms with van der Waals surface area (Å²) in [6, 6.07) is 52.5. The molecule has 240 valence electrons. The van der Waals surface area contributed by atoms with E-state index in [0.717, 1.165) is 77.1 Å². The summed E-state index contributed by atoms with van der Waals surface area (Å²) >= 11 is 0. The Morgan fingerprint density at radius 1 is 0.288 bits per heavy atom. The van der Waals surface area contributed by atoms with E-state index in [1.807, 2.05) is 12.1 Å². The maximum absolute atomic E-state index is 6.63. The SMILES string of the molecule is c1ccc2c(c1)[nH]c1ccc3c(c12)-c1cc2oc4ccccc4c2cc1-c1cc2c(cc1-c1c-3ccc3[nH]c4ccccc4c13)oc1ccccc12. The predicted molar refractivity (Wildman–Crippen MR) is 215 cm³/mol. The monoisotopic (exact) mass is 662 g/mol. The van der Waals surface area contributed by atoms with Crippen LogP contribution < -0.4 is 0 Å². The summed E-state index contributed by atoms with van der Waals surface area (Å²) in [7, 11) is 0. The molecule has 12 aromatic rings. The molecular formula is C48H26N2O2. The molecule has 0 aliphatic heterocycles. The summed E-state index contributed by atoms with van der Waals surface area (Å²) in [4.78, 5) is 7.49. The number of benzene rings is 8. The van der Waals surface area contributed by atoms with E-state index >= 15 is 0 Å². The van der Waals surface area contributed by atoms with Crippen molar-refractivity contribution in [3.05, 3.63) is 146 Å². The number of furan rings is 2. The van der Waals surface area contributed by atoms with E-state index in [1.54, 1.807) is 0 Å². The lowest BCUT2D eigenvalue weighted by Crippen LogP contribution is -1.99. The van der Waals surface area contributed by atoms with E-state index in [-0.39, 0.29) is 0 Å². The highest BCUT2D eigenvalue weighted by Gasteiger charge is 2.29. The summed E-state index contributed by atoms with van der Waals surface area (Å²) in [5.41, 5.74) is 17.4. The molecular weight excluding hydrogens is 637 g/mol. The number of aromatic amines is 2. The zero-order chi connectivity index (χ0) is 33.7. The van der Waals surface area contributed by atoms with E-state index in [1.165, 1.54) is 54.9 Å². The minimum atomic E-state index is 0.881.